The maximum atomic E-state index is 15.0. The number of aromatic nitrogens is 2. The Kier molecular flexibility index (Phi) is 6.51. The highest BCUT2D eigenvalue weighted by atomic mass is 35.5. The predicted molar refractivity (Wildman–Crippen MR) is 136 cm³/mol. The Hall–Kier alpha value is -2.97. The lowest BCUT2D eigenvalue weighted by molar-refractivity contribution is -0.122. The molecule has 0 saturated carbocycles. The molecule has 3 aromatic rings. The number of benzene rings is 2. The molecule has 0 aliphatic carbocycles. The van der Waals surface area contributed by atoms with Gasteiger partial charge in [0, 0.05) is 44.0 Å². The zero-order valence-corrected chi connectivity index (χ0v) is 20.7. The van der Waals surface area contributed by atoms with Crippen LogP contribution in [0.4, 0.5) is 10.1 Å². The normalized spacial score (nSPS) is 19.9. The summed E-state index contributed by atoms with van der Waals surface area (Å²) in [5, 5.41) is 3.14. The monoisotopic (exact) mass is 497 g/mol. The lowest BCUT2D eigenvalue weighted by atomic mass is 10.0. The highest BCUT2D eigenvalue weighted by molar-refractivity contribution is 6.31. The molecule has 2 aromatic carbocycles. The Labute approximate surface area is 208 Å². The summed E-state index contributed by atoms with van der Waals surface area (Å²) in [6, 6.07) is 10.6. The Morgan fingerprint density at radius 1 is 1.17 bits per heavy atom. The number of hydrogen-bond acceptors (Lipinski definition) is 5. The van der Waals surface area contributed by atoms with Gasteiger partial charge in [0.2, 0.25) is 5.91 Å². The third-order valence-corrected chi connectivity index (χ3v) is 7.16. The summed E-state index contributed by atoms with van der Waals surface area (Å²) >= 11 is 6.02. The molecule has 0 spiro atoms. The Morgan fingerprint density at radius 2 is 1.94 bits per heavy atom. The minimum absolute atomic E-state index is 0.0721. The molecule has 3 aliphatic rings. The summed E-state index contributed by atoms with van der Waals surface area (Å²) in [5.41, 5.74) is 1.13. The van der Waals surface area contributed by atoms with Crippen LogP contribution >= 0.6 is 11.6 Å². The fourth-order valence-corrected chi connectivity index (χ4v) is 5.33. The molecule has 4 heterocycles. The standard InChI is InChI=1S/C26H29ClFN5O2/c1-16(2)29-23(34)15-33-25(19-4-3-5-21(27)24(19)28)30-22-7-6-18(14-20(22)26(33)35)32-13-12-31-10-8-17(32)9-11-31/h3-7,14,16-17H,8-13,15H2,1-2H3,(H,29,34). The van der Waals surface area contributed by atoms with Crippen LogP contribution in [0.1, 0.15) is 26.7 Å². The Balaban J connectivity index is 1.64. The minimum Gasteiger partial charge on any atom is -0.367 e. The average Bonchev–Trinajstić information content (AvgIpc) is 3.16. The van der Waals surface area contributed by atoms with Crippen molar-refractivity contribution in [1.82, 2.24) is 19.8 Å². The summed E-state index contributed by atoms with van der Waals surface area (Å²) in [6.45, 7) is 7.51. The molecule has 3 fully saturated rings. The quantitative estimate of drug-likeness (QED) is 0.582. The number of nitrogens with one attached hydrogen (secondary N) is 1. The van der Waals surface area contributed by atoms with Crippen molar-refractivity contribution < 1.29 is 9.18 Å². The van der Waals surface area contributed by atoms with E-state index >= 15 is 0 Å². The summed E-state index contributed by atoms with van der Waals surface area (Å²) in [7, 11) is 0. The molecule has 3 saturated heterocycles. The lowest BCUT2D eigenvalue weighted by Gasteiger charge is -2.33. The van der Waals surface area contributed by atoms with Gasteiger partial charge < -0.3 is 15.1 Å². The van der Waals surface area contributed by atoms with Crippen molar-refractivity contribution >= 4 is 34.1 Å². The first-order chi connectivity index (χ1) is 16.8. The molecule has 6 rings (SSSR count). The van der Waals surface area contributed by atoms with Crippen LogP contribution in [0.5, 0.6) is 0 Å². The highest BCUT2D eigenvalue weighted by Gasteiger charge is 2.29. The first-order valence-corrected chi connectivity index (χ1v) is 12.5. The van der Waals surface area contributed by atoms with Gasteiger partial charge in [-0.3, -0.25) is 14.2 Å². The maximum Gasteiger partial charge on any atom is 0.262 e. The second kappa shape index (κ2) is 9.59. The molecule has 9 heteroatoms. The van der Waals surface area contributed by atoms with Crippen molar-refractivity contribution in [1.29, 1.82) is 0 Å². The second-order valence-electron chi connectivity index (χ2n) is 9.62. The van der Waals surface area contributed by atoms with Crippen molar-refractivity contribution in [2.24, 2.45) is 0 Å². The van der Waals surface area contributed by atoms with Gasteiger partial charge in [-0.25, -0.2) is 9.37 Å². The third-order valence-electron chi connectivity index (χ3n) is 6.87. The van der Waals surface area contributed by atoms with E-state index in [1.807, 2.05) is 32.0 Å². The van der Waals surface area contributed by atoms with E-state index in [0.717, 1.165) is 44.7 Å². The number of carbonyl (C=O) groups is 1. The molecule has 184 valence electrons. The summed E-state index contributed by atoms with van der Waals surface area (Å²) < 4.78 is 16.2. The van der Waals surface area contributed by atoms with E-state index < -0.39 is 5.82 Å². The second-order valence-corrected chi connectivity index (χ2v) is 10.0. The minimum atomic E-state index is -0.676. The van der Waals surface area contributed by atoms with Gasteiger partial charge in [0.25, 0.3) is 5.56 Å². The van der Waals surface area contributed by atoms with Crippen LogP contribution in [-0.4, -0.2) is 58.6 Å². The van der Waals surface area contributed by atoms with Crippen molar-refractivity contribution in [2.75, 3.05) is 31.1 Å². The van der Waals surface area contributed by atoms with Gasteiger partial charge in [-0.05, 0) is 57.0 Å². The first-order valence-electron chi connectivity index (χ1n) is 12.1. The molecule has 2 bridgehead atoms. The fourth-order valence-electron chi connectivity index (χ4n) is 5.15. The van der Waals surface area contributed by atoms with Crippen molar-refractivity contribution in [2.45, 2.75) is 45.3 Å². The molecule has 1 aromatic heterocycles. The van der Waals surface area contributed by atoms with Crippen LogP contribution in [-0.2, 0) is 11.3 Å². The zero-order chi connectivity index (χ0) is 24.7. The fraction of sp³-hybridized carbons (Fsp3) is 0.423. The lowest BCUT2D eigenvalue weighted by Crippen LogP contribution is -2.38. The Bertz CT molecular complexity index is 1330. The van der Waals surface area contributed by atoms with Gasteiger partial charge in [-0.1, -0.05) is 17.7 Å². The van der Waals surface area contributed by atoms with Crippen LogP contribution in [0.2, 0.25) is 5.02 Å². The van der Waals surface area contributed by atoms with E-state index in [1.165, 1.54) is 16.7 Å². The molecule has 7 nitrogen and oxygen atoms in total. The van der Waals surface area contributed by atoms with Gasteiger partial charge in [-0.2, -0.15) is 0 Å². The van der Waals surface area contributed by atoms with Crippen LogP contribution in [0.3, 0.4) is 0 Å². The van der Waals surface area contributed by atoms with Gasteiger partial charge in [0.1, 0.15) is 12.4 Å². The number of halogens is 2. The van der Waals surface area contributed by atoms with Gasteiger partial charge in [0.15, 0.2) is 5.82 Å². The average molecular weight is 498 g/mol. The smallest absolute Gasteiger partial charge is 0.262 e. The number of fused-ring (bicyclic) bond motifs is 5. The molecular formula is C26H29ClFN5O2. The van der Waals surface area contributed by atoms with Crippen LogP contribution in [0, 0.1) is 5.82 Å². The molecule has 35 heavy (non-hydrogen) atoms. The van der Waals surface area contributed by atoms with Gasteiger partial charge in [0.05, 0.1) is 21.5 Å². The Morgan fingerprint density at radius 3 is 2.69 bits per heavy atom. The van der Waals surface area contributed by atoms with E-state index in [4.69, 9.17) is 11.6 Å². The topological polar surface area (TPSA) is 70.5 Å². The van der Waals surface area contributed by atoms with E-state index in [9.17, 15) is 14.0 Å². The molecule has 1 amide bonds. The maximum absolute atomic E-state index is 15.0. The summed E-state index contributed by atoms with van der Waals surface area (Å²) in [6.07, 6.45) is 2.20. The highest BCUT2D eigenvalue weighted by Crippen LogP contribution is 2.30. The molecule has 0 radical (unpaired) electrons. The third kappa shape index (κ3) is 4.65. The van der Waals surface area contributed by atoms with E-state index in [0.29, 0.717) is 16.9 Å². The van der Waals surface area contributed by atoms with Crippen LogP contribution in [0.25, 0.3) is 22.3 Å². The summed E-state index contributed by atoms with van der Waals surface area (Å²) in [4.78, 5) is 35.9. The molecule has 0 atom stereocenters. The van der Waals surface area contributed by atoms with Crippen LogP contribution in [0.15, 0.2) is 41.2 Å². The summed E-state index contributed by atoms with van der Waals surface area (Å²) in [5.74, 6) is -0.942. The molecule has 1 N–H and O–H groups in total. The van der Waals surface area contributed by atoms with Crippen molar-refractivity contribution in [3.63, 3.8) is 0 Å². The zero-order valence-electron chi connectivity index (χ0n) is 19.9. The van der Waals surface area contributed by atoms with E-state index in [2.05, 4.69) is 20.1 Å². The number of anilines is 1. The largest absolute Gasteiger partial charge is 0.367 e. The first kappa shape index (κ1) is 23.8. The SMILES string of the molecule is CC(C)NC(=O)Cn1c(-c2cccc(Cl)c2F)nc2ccc(N3CCN4CCC3CC4)cc2c1=O. The predicted octanol–water partition coefficient (Wildman–Crippen LogP) is 3.67. The number of nitrogens with zero attached hydrogens (tertiary/aromatic N) is 4. The number of piperidine rings is 1. The van der Waals surface area contributed by atoms with Gasteiger partial charge >= 0.3 is 0 Å². The molecular weight excluding hydrogens is 469 g/mol. The number of carbonyl (C=O) groups excluding carboxylic acids is 1. The van der Waals surface area contributed by atoms with Crippen LogP contribution < -0.4 is 15.8 Å². The van der Waals surface area contributed by atoms with Gasteiger partial charge in [-0.15, -0.1) is 0 Å². The molecule has 0 unspecified atom stereocenters. The van der Waals surface area contributed by atoms with Crippen molar-refractivity contribution in [3.8, 4) is 11.4 Å². The van der Waals surface area contributed by atoms with E-state index in [1.54, 1.807) is 6.07 Å². The molecule has 3 aliphatic heterocycles. The number of hydrogen-bond donors (Lipinski definition) is 1. The number of rotatable bonds is 5. The number of amides is 1. The van der Waals surface area contributed by atoms with Crippen molar-refractivity contribution in [3.05, 3.63) is 57.6 Å². The van der Waals surface area contributed by atoms with E-state index in [-0.39, 0.29) is 40.5 Å².